The number of carbonyl (C=O) groups is 2. The third kappa shape index (κ3) is 4.37. The van der Waals surface area contributed by atoms with E-state index in [1.165, 1.54) is 0 Å². The number of hydrogen-bond acceptors (Lipinski definition) is 5. The summed E-state index contributed by atoms with van der Waals surface area (Å²) in [6.45, 7) is 4.96. The summed E-state index contributed by atoms with van der Waals surface area (Å²) in [4.78, 5) is 26.3. The molecule has 1 aromatic heterocycles. The highest BCUT2D eigenvalue weighted by Crippen LogP contribution is 2.31. The number of primary amides is 1. The van der Waals surface area contributed by atoms with Crippen LogP contribution in [-0.2, 0) is 14.6 Å². The second-order valence-electron chi connectivity index (χ2n) is 8.68. The maximum atomic E-state index is 13.2. The third-order valence-corrected chi connectivity index (χ3v) is 8.25. The molecule has 2 saturated heterocycles. The third-order valence-electron chi connectivity index (χ3n) is 6.50. The summed E-state index contributed by atoms with van der Waals surface area (Å²) in [6, 6.07) is 7.51. The number of nitrogens with zero attached hydrogens (tertiary/aromatic N) is 3. The molecule has 0 unspecified atom stereocenters. The number of likely N-dealkylation sites (tertiary alicyclic amines) is 1. The molecule has 1 atom stereocenters. The van der Waals surface area contributed by atoms with Crippen LogP contribution in [0.15, 0.2) is 24.3 Å². The molecular formula is C22H28N4O4S. The summed E-state index contributed by atoms with van der Waals surface area (Å²) in [7, 11) is -3.10. The SMILES string of the molecule is Cc1ccc(-c2cc(C(=O)N3CCC(C(N)=O)CC3)nn2[C@H]2CCS(=O)(=O)C2)cc1C. The molecule has 2 amide bonds. The van der Waals surface area contributed by atoms with Gasteiger partial charge in [0, 0.05) is 24.6 Å². The average molecular weight is 445 g/mol. The van der Waals surface area contributed by atoms with E-state index < -0.39 is 9.84 Å². The quantitative estimate of drug-likeness (QED) is 0.773. The van der Waals surface area contributed by atoms with E-state index in [9.17, 15) is 18.0 Å². The largest absolute Gasteiger partial charge is 0.369 e. The number of rotatable bonds is 4. The van der Waals surface area contributed by atoms with Gasteiger partial charge in [0.25, 0.3) is 5.91 Å². The van der Waals surface area contributed by atoms with Crippen LogP contribution in [0.25, 0.3) is 11.3 Å². The lowest BCUT2D eigenvalue weighted by molar-refractivity contribution is -0.123. The highest BCUT2D eigenvalue weighted by atomic mass is 32.2. The van der Waals surface area contributed by atoms with Crippen LogP contribution in [0.2, 0.25) is 0 Å². The van der Waals surface area contributed by atoms with E-state index in [0.29, 0.717) is 38.0 Å². The first-order chi connectivity index (χ1) is 14.6. The van der Waals surface area contributed by atoms with Crippen molar-refractivity contribution < 1.29 is 18.0 Å². The first-order valence-electron chi connectivity index (χ1n) is 10.6. The van der Waals surface area contributed by atoms with Crippen molar-refractivity contribution in [2.45, 2.75) is 39.2 Å². The van der Waals surface area contributed by atoms with E-state index in [1.807, 2.05) is 32.0 Å². The number of aryl methyl sites for hydroxylation is 2. The molecular weight excluding hydrogens is 416 g/mol. The number of nitrogens with two attached hydrogens (primary N) is 1. The maximum absolute atomic E-state index is 13.2. The second-order valence-corrected chi connectivity index (χ2v) is 10.9. The summed E-state index contributed by atoms with van der Waals surface area (Å²) in [6.07, 6.45) is 1.58. The lowest BCUT2D eigenvalue weighted by Crippen LogP contribution is -2.41. The first-order valence-corrected chi connectivity index (χ1v) is 12.4. The number of piperidine rings is 1. The fraction of sp³-hybridized carbons (Fsp3) is 0.500. The fourth-order valence-electron chi connectivity index (χ4n) is 4.39. The second kappa shape index (κ2) is 8.11. The molecule has 0 bridgehead atoms. The normalized spacial score (nSPS) is 21.4. The molecule has 8 nitrogen and oxygen atoms in total. The summed E-state index contributed by atoms with van der Waals surface area (Å²) in [5.41, 5.74) is 9.63. The molecule has 0 saturated carbocycles. The fourth-order valence-corrected chi connectivity index (χ4v) is 6.08. The summed E-state index contributed by atoms with van der Waals surface area (Å²) >= 11 is 0. The van der Waals surface area contributed by atoms with Gasteiger partial charge in [0.05, 0.1) is 23.2 Å². The van der Waals surface area contributed by atoms with Crippen molar-refractivity contribution in [1.29, 1.82) is 0 Å². The minimum Gasteiger partial charge on any atom is -0.369 e. The van der Waals surface area contributed by atoms with Gasteiger partial charge in [-0.2, -0.15) is 5.10 Å². The van der Waals surface area contributed by atoms with Gasteiger partial charge >= 0.3 is 0 Å². The van der Waals surface area contributed by atoms with Gasteiger partial charge in [-0.05, 0) is 56.4 Å². The van der Waals surface area contributed by atoms with Gasteiger partial charge in [-0.15, -0.1) is 0 Å². The summed E-state index contributed by atoms with van der Waals surface area (Å²) < 4.78 is 25.9. The Bertz CT molecular complexity index is 1130. The van der Waals surface area contributed by atoms with Crippen LogP contribution in [0.3, 0.4) is 0 Å². The zero-order valence-electron chi connectivity index (χ0n) is 17.9. The molecule has 2 fully saturated rings. The van der Waals surface area contributed by atoms with E-state index in [0.717, 1.165) is 22.4 Å². The molecule has 0 radical (unpaired) electrons. The van der Waals surface area contributed by atoms with E-state index in [-0.39, 0.29) is 35.3 Å². The lowest BCUT2D eigenvalue weighted by Gasteiger charge is -2.30. The Balaban J connectivity index is 1.67. The van der Waals surface area contributed by atoms with Crippen molar-refractivity contribution in [3.8, 4) is 11.3 Å². The Kier molecular flexibility index (Phi) is 5.63. The van der Waals surface area contributed by atoms with E-state index in [2.05, 4.69) is 5.10 Å². The highest BCUT2D eigenvalue weighted by Gasteiger charge is 2.33. The smallest absolute Gasteiger partial charge is 0.274 e. The highest BCUT2D eigenvalue weighted by molar-refractivity contribution is 7.91. The molecule has 166 valence electrons. The minimum atomic E-state index is -3.10. The van der Waals surface area contributed by atoms with Crippen molar-refractivity contribution in [1.82, 2.24) is 14.7 Å². The van der Waals surface area contributed by atoms with Crippen LogP contribution >= 0.6 is 0 Å². The average Bonchev–Trinajstić information content (AvgIpc) is 3.33. The first kappa shape index (κ1) is 21.5. The Morgan fingerprint density at radius 3 is 2.35 bits per heavy atom. The van der Waals surface area contributed by atoms with Crippen molar-refractivity contribution in [2.24, 2.45) is 11.7 Å². The molecule has 0 aliphatic carbocycles. The molecule has 9 heteroatoms. The minimum absolute atomic E-state index is 0.0319. The van der Waals surface area contributed by atoms with Gasteiger partial charge in [0.2, 0.25) is 5.91 Å². The predicted molar refractivity (Wildman–Crippen MR) is 117 cm³/mol. The number of sulfone groups is 1. The van der Waals surface area contributed by atoms with Gasteiger partial charge < -0.3 is 10.6 Å². The Labute approximate surface area is 182 Å². The van der Waals surface area contributed by atoms with Crippen LogP contribution in [-0.4, -0.2) is 59.5 Å². The summed E-state index contributed by atoms with van der Waals surface area (Å²) in [5, 5.41) is 4.58. The molecule has 2 N–H and O–H groups in total. The number of carbonyl (C=O) groups excluding carboxylic acids is 2. The van der Waals surface area contributed by atoms with Crippen molar-refractivity contribution in [2.75, 3.05) is 24.6 Å². The van der Waals surface area contributed by atoms with Crippen LogP contribution < -0.4 is 5.73 Å². The van der Waals surface area contributed by atoms with Crippen LogP contribution in [0.4, 0.5) is 0 Å². The number of hydrogen-bond donors (Lipinski definition) is 1. The Morgan fingerprint density at radius 2 is 1.77 bits per heavy atom. The standard InChI is InChI=1S/C22H28N4O4S/c1-14-3-4-17(11-15(14)2)20-12-19(24-26(20)18-7-10-31(29,30)13-18)22(28)25-8-5-16(6-9-25)21(23)27/h3-4,11-12,16,18H,5-10,13H2,1-2H3,(H2,23,27)/t18-/m0/s1. The van der Waals surface area contributed by atoms with E-state index >= 15 is 0 Å². The topological polar surface area (TPSA) is 115 Å². The monoisotopic (exact) mass is 444 g/mol. The van der Waals surface area contributed by atoms with Crippen molar-refractivity contribution >= 4 is 21.7 Å². The van der Waals surface area contributed by atoms with Crippen molar-refractivity contribution in [3.63, 3.8) is 0 Å². The lowest BCUT2D eigenvalue weighted by atomic mass is 9.96. The number of amides is 2. The molecule has 0 spiro atoms. The van der Waals surface area contributed by atoms with Gasteiger partial charge in [-0.25, -0.2) is 8.42 Å². The molecule has 4 rings (SSSR count). The van der Waals surface area contributed by atoms with Gasteiger partial charge in [-0.3, -0.25) is 14.3 Å². The van der Waals surface area contributed by atoms with Gasteiger partial charge in [0.1, 0.15) is 0 Å². The van der Waals surface area contributed by atoms with E-state index in [1.54, 1.807) is 15.6 Å². The molecule has 31 heavy (non-hydrogen) atoms. The van der Waals surface area contributed by atoms with E-state index in [4.69, 9.17) is 5.73 Å². The van der Waals surface area contributed by atoms with Crippen LogP contribution in [0.5, 0.6) is 0 Å². The van der Waals surface area contributed by atoms with Crippen LogP contribution in [0, 0.1) is 19.8 Å². The predicted octanol–water partition coefficient (Wildman–Crippen LogP) is 1.86. The Hall–Kier alpha value is -2.68. The molecule has 2 aliphatic heterocycles. The maximum Gasteiger partial charge on any atom is 0.274 e. The molecule has 1 aromatic carbocycles. The Morgan fingerprint density at radius 1 is 1.06 bits per heavy atom. The number of aromatic nitrogens is 2. The zero-order chi connectivity index (χ0) is 22.3. The molecule has 3 heterocycles. The molecule has 2 aromatic rings. The summed E-state index contributed by atoms with van der Waals surface area (Å²) in [5.74, 6) is -0.558. The van der Waals surface area contributed by atoms with Crippen molar-refractivity contribution in [3.05, 3.63) is 41.1 Å². The van der Waals surface area contributed by atoms with Crippen LogP contribution in [0.1, 0.15) is 46.9 Å². The molecule has 2 aliphatic rings. The number of benzene rings is 1. The zero-order valence-corrected chi connectivity index (χ0v) is 18.7. The van der Waals surface area contributed by atoms with Gasteiger partial charge in [-0.1, -0.05) is 12.1 Å². The van der Waals surface area contributed by atoms with Gasteiger partial charge in [0.15, 0.2) is 15.5 Å².